The van der Waals surface area contributed by atoms with Crippen LogP contribution in [-0.2, 0) is 0 Å². The molecule has 3 atom stereocenters. The molecular formula is C21H22F2N4O. The molecule has 2 aromatic rings. The highest BCUT2D eigenvalue weighted by atomic mass is 19.1. The first-order valence-electron chi connectivity index (χ1n) is 9.81. The maximum Gasteiger partial charge on any atom is 0.274 e. The van der Waals surface area contributed by atoms with E-state index in [-0.39, 0.29) is 23.9 Å². The van der Waals surface area contributed by atoms with Crippen molar-refractivity contribution < 1.29 is 13.6 Å². The third-order valence-electron chi connectivity index (χ3n) is 6.57. The van der Waals surface area contributed by atoms with Gasteiger partial charge in [-0.25, -0.2) is 13.8 Å². The number of fused-ring (bicyclic) bond motifs is 2. The number of hydrogen-bond acceptors (Lipinski definition) is 4. The molecule has 4 fully saturated rings. The fourth-order valence-electron chi connectivity index (χ4n) is 5.39. The minimum absolute atomic E-state index is 0.0504. The van der Waals surface area contributed by atoms with E-state index in [2.05, 4.69) is 14.9 Å². The van der Waals surface area contributed by atoms with Crippen LogP contribution in [0.25, 0.3) is 0 Å². The summed E-state index contributed by atoms with van der Waals surface area (Å²) in [5.74, 6) is -0.981. The van der Waals surface area contributed by atoms with Gasteiger partial charge in [-0.2, -0.15) is 0 Å². The van der Waals surface area contributed by atoms with Crippen molar-refractivity contribution in [3.05, 3.63) is 59.2 Å². The van der Waals surface area contributed by atoms with E-state index < -0.39 is 11.6 Å². The van der Waals surface area contributed by atoms with E-state index in [1.54, 1.807) is 6.20 Å². The highest BCUT2D eigenvalue weighted by Gasteiger charge is 2.55. The number of hydrogen-bond donors (Lipinski definition) is 0. The fourth-order valence-corrected chi connectivity index (χ4v) is 5.39. The summed E-state index contributed by atoms with van der Waals surface area (Å²) in [5, 5.41) is 0. The quantitative estimate of drug-likeness (QED) is 0.799. The molecule has 4 aliphatic rings. The van der Waals surface area contributed by atoms with Gasteiger partial charge in [-0.1, -0.05) is 0 Å². The van der Waals surface area contributed by atoms with E-state index in [1.165, 1.54) is 18.3 Å². The summed E-state index contributed by atoms with van der Waals surface area (Å²) in [4.78, 5) is 26.0. The zero-order chi connectivity index (χ0) is 19.4. The smallest absolute Gasteiger partial charge is 0.274 e. The van der Waals surface area contributed by atoms with Gasteiger partial charge in [0, 0.05) is 30.8 Å². The number of nitrogens with zero attached hydrogens (tertiary/aromatic N) is 4. The standard InChI is InChI=1S/C21H22F2N4O/c1-12-9-25-18(10-24-12)21(28)27-11-17(14-6-15(22)8-16(23)7-14)20-19(27)13-2-4-26(20)5-3-13/h6-10,13,17,19-20H,2-5,11H2,1H3/t17-,19+,20+/m1/s1. The summed E-state index contributed by atoms with van der Waals surface area (Å²) in [6, 6.07) is 3.86. The van der Waals surface area contributed by atoms with Crippen molar-refractivity contribution in [2.45, 2.75) is 37.8 Å². The number of carbonyl (C=O) groups excluding carboxylic acids is 1. The van der Waals surface area contributed by atoms with Crippen LogP contribution in [0, 0.1) is 24.5 Å². The van der Waals surface area contributed by atoms with Crippen LogP contribution in [0.5, 0.6) is 0 Å². The van der Waals surface area contributed by atoms with Crippen LogP contribution in [-0.4, -0.2) is 57.4 Å². The second-order valence-corrected chi connectivity index (χ2v) is 8.16. The lowest BCUT2D eigenvalue weighted by Gasteiger charge is -2.51. The van der Waals surface area contributed by atoms with Crippen molar-refractivity contribution in [1.29, 1.82) is 0 Å². The summed E-state index contributed by atoms with van der Waals surface area (Å²) < 4.78 is 27.8. The number of carbonyl (C=O) groups is 1. The molecule has 0 spiro atoms. The molecular weight excluding hydrogens is 362 g/mol. The first kappa shape index (κ1) is 17.7. The molecule has 28 heavy (non-hydrogen) atoms. The number of likely N-dealkylation sites (tertiary alicyclic amines) is 1. The first-order chi connectivity index (χ1) is 13.5. The van der Waals surface area contributed by atoms with E-state index in [1.807, 2.05) is 11.8 Å². The van der Waals surface area contributed by atoms with Crippen molar-refractivity contribution in [2.75, 3.05) is 19.6 Å². The molecule has 0 saturated carbocycles. The number of benzene rings is 1. The number of aryl methyl sites for hydroxylation is 1. The summed E-state index contributed by atoms with van der Waals surface area (Å²) in [6.07, 6.45) is 5.21. The maximum atomic E-state index is 13.9. The van der Waals surface area contributed by atoms with Crippen LogP contribution in [0.1, 0.15) is 40.5 Å². The van der Waals surface area contributed by atoms with Gasteiger partial charge < -0.3 is 4.90 Å². The highest BCUT2D eigenvalue weighted by molar-refractivity contribution is 5.92. The van der Waals surface area contributed by atoms with E-state index in [9.17, 15) is 13.6 Å². The van der Waals surface area contributed by atoms with Gasteiger partial charge in [0.25, 0.3) is 5.91 Å². The third kappa shape index (κ3) is 2.80. The molecule has 146 valence electrons. The number of aromatic nitrogens is 2. The van der Waals surface area contributed by atoms with Crippen LogP contribution in [0.15, 0.2) is 30.6 Å². The predicted octanol–water partition coefficient (Wildman–Crippen LogP) is 2.77. The molecule has 0 aliphatic carbocycles. The molecule has 7 heteroatoms. The van der Waals surface area contributed by atoms with Crippen molar-refractivity contribution in [2.24, 2.45) is 5.92 Å². The van der Waals surface area contributed by atoms with Crippen LogP contribution in [0.3, 0.4) is 0 Å². The van der Waals surface area contributed by atoms with Gasteiger partial charge in [0.1, 0.15) is 17.3 Å². The Kier molecular flexibility index (Phi) is 4.16. The first-order valence-corrected chi connectivity index (χ1v) is 9.81. The third-order valence-corrected chi connectivity index (χ3v) is 6.57. The van der Waals surface area contributed by atoms with Gasteiger partial charge in [0.05, 0.1) is 17.9 Å². The Balaban J connectivity index is 1.53. The van der Waals surface area contributed by atoms with E-state index in [0.717, 1.165) is 37.7 Å². The summed E-state index contributed by atoms with van der Waals surface area (Å²) >= 11 is 0. The van der Waals surface area contributed by atoms with Crippen molar-refractivity contribution in [3.8, 4) is 0 Å². The zero-order valence-electron chi connectivity index (χ0n) is 15.7. The highest BCUT2D eigenvalue weighted by Crippen LogP contribution is 2.47. The SMILES string of the molecule is Cc1cnc(C(=O)N2C[C@H](c3cc(F)cc(F)c3)[C@H]3[C@@H]2C2CCN3CC2)cn1. The molecule has 0 radical (unpaired) electrons. The van der Waals surface area contributed by atoms with Gasteiger partial charge in [0.2, 0.25) is 0 Å². The fraction of sp³-hybridized carbons (Fsp3) is 0.476. The van der Waals surface area contributed by atoms with Crippen molar-refractivity contribution >= 4 is 5.91 Å². The molecule has 4 saturated heterocycles. The Morgan fingerprint density at radius 2 is 1.75 bits per heavy atom. The monoisotopic (exact) mass is 384 g/mol. The maximum absolute atomic E-state index is 13.9. The van der Waals surface area contributed by atoms with Crippen LogP contribution in [0.2, 0.25) is 0 Å². The van der Waals surface area contributed by atoms with Gasteiger partial charge in [-0.15, -0.1) is 0 Å². The molecule has 4 aliphatic heterocycles. The van der Waals surface area contributed by atoms with Crippen molar-refractivity contribution in [1.82, 2.24) is 19.8 Å². The number of halogens is 2. The number of rotatable bonds is 2. The Morgan fingerprint density at radius 3 is 2.39 bits per heavy atom. The summed E-state index contributed by atoms with van der Waals surface area (Å²) in [6.45, 7) is 4.23. The van der Waals surface area contributed by atoms with E-state index in [0.29, 0.717) is 23.7 Å². The minimum Gasteiger partial charge on any atom is -0.332 e. The van der Waals surface area contributed by atoms with Gasteiger partial charge in [0.15, 0.2) is 0 Å². The molecule has 1 aromatic carbocycles. The molecule has 2 bridgehead atoms. The van der Waals surface area contributed by atoms with Gasteiger partial charge in [-0.05, 0) is 56.5 Å². The molecule has 5 heterocycles. The Hall–Kier alpha value is -2.41. The largest absolute Gasteiger partial charge is 0.332 e. The topological polar surface area (TPSA) is 49.3 Å². The number of amides is 1. The van der Waals surface area contributed by atoms with Gasteiger partial charge >= 0.3 is 0 Å². The Morgan fingerprint density at radius 1 is 1.04 bits per heavy atom. The normalized spacial score (nSPS) is 31.1. The summed E-state index contributed by atoms with van der Waals surface area (Å²) in [7, 11) is 0. The lowest BCUT2D eigenvalue weighted by molar-refractivity contribution is -0.00362. The zero-order valence-corrected chi connectivity index (χ0v) is 15.7. The average Bonchev–Trinajstić information content (AvgIpc) is 3.11. The minimum atomic E-state index is -0.573. The lowest BCUT2D eigenvalue weighted by atomic mass is 9.75. The Labute approximate surface area is 162 Å². The van der Waals surface area contributed by atoms with E-state index in [4.69, 9.17) is 0 Å². The Bertz CT molecular complexity index is 891. The molecule has 0 N–H and O–H groups in total. The molecule has 6 rings (SSSR count). The van der Waals surface area contributed by atoms with Gasteiger partial charge in [-0.3, -0.25) is 14.7 Å². The van der Waals surface area contributed by atoms with Crippen LogP contribution < -0.4 is 0 Å². The predicted molar refractivity (Wildman–Crippen MR) is 98.8 cm³/mol. The van der Waals surface area contributed by atoms with E-state index >= 15 is 0 Å². The van der Waals surface area contributed by atoms with Crippen molar-refractivity contribution in [3.63, 3.8) is 0 Å². The second kappa shape index (κ2) is 6.58. The molecule has 5 nitrogen and oxygen atoms in total. The molecule has 1 amide bonds. The molecule has 1 aromatic heterocycles. The lowest BCUT2D eigenvalue weighted by Crippen LogP contribution is -2.60. The average molecular weight is 384 g/mol. The number of piperidine rings is 3. The second-order valence-electron chi connectivity index (χ2n) is 8.16. The van der Waals surface area contributed by atoms with Crippen LogP contribution >= 0.6 is 0 Å². The van der Waals surface area contributed by atoms with Crippen LogP contribution in [0.4, 0.5) is 8.78 Å². The summed E-state index contributed by atoms with van der Waals surface area (Å²) in [5.41, 5.74) is 1.71. The molecule has 0 unspecified atom stereocenters.